The SMILES string of the molecule is CCNC(=NCc1cccc(OCC)c1OC(F)F)NCc1nccn1CC(C)C. The molecule has 0 fully saturated rings. The van der Waals surface area contributed by atoms with Crippen LogP contribution in [0, 0.1) is 5.92 Å². The zero-order chi connectivity index (χ0) is 21.9. The van der Waals surface area contributed by atoms with E-state index >= 15 is 0 Å². The third kappa shape index (κ3) is 7.20. The number of ether oxygens (including phenoxy) is 2. The molecular weight excluding hydrogens is 392 g/mol. The molecule has 1 aromatic carbocycles. The van der Waals surface area contributed by atoms with E-state index in [4.69, 9.17) is 9.47 Å². The lowest BCUT2D eigenvalue weighted by atomic mass is 10.2. The van der Waals surface area contributed by atoms with E-state index in [1.807, 2.05) is 13.1 Å². The second-order valence-electron chi connectivity index (χ2n) is 6.99. The van der Waals surface area contributed by atoms with Crippen molar-refractivity contribution in [2.24, 2.45) is 10.9 Å². The number of rotatable bonds is 11. The zero-order valence-electron chi connectivity index (χ0n) is 18.0. The third-order valence-corrected chi connectivity index (χ3v) is 4.10. The normalized spacial score (nSPS) is 11.8. The van der Waals surface area contributed by atoms with Gasteiger partial charge in [-0.1, -0.05) is 26.0 Å². The van der Waals surface area contributed by atoms with Gasteiger partial charge in [-0.15, -0.1) is 0 Å². The Morgan fingerprint density at radius 2 is 2.03 bits per heavy atom. The number of nitrogens with one attached hydrogen (secondary N) is 2. The van der Waals surface area contributed by atoms with Crippen molar-refractivity contribution in [3.8, 4) is 11.5 Å². The maximum atomic E-state index is 12.9. The van der Waals surface area contributed by atoms with E-state index in [1.165, 1.54) is 0 Å². The minimum Gasteiger partial charge on any atom is -0.490 e. The van der Waals surface area contributed by atoms with Gasteiger partial charge < -0.3 is 24.7 Å². The van der Waals surface area contributed by atoms with E-state index in [0.717, 1.165) is 12.4 Å². The van der Waals surface area contributed by atoms with E-state index in [9.17, 15) is 8.78 Å². The Bertz CT molecular complexity index is 808. The Hall–Kier alpha value is -2.84. The largest absolute Gasteiger partial charge is 0.490 e. The van der Waals surface area contributed by atoms with Crippen molar-refractivity contribution in [3.63, 3.8) is 0 Å². The maximum Gasteiger partial charge on any atom is 0.387 e. The molecule has 0 spiro atoms. The summed E-state index contributed by atoms with van der Waals surface area (Å²) in [5, 5.41) is 6.40. The minimum atomic E-state index is -2.94. The standard InChI is InChI=1S/C21H31F2N5O2/c1-5-24-21(27-13-18-25-10-11-28(18)14-15(3)4)26-12-16-8-7-9-17(29-6-2)19(16)30-20(22)23/h7-11,15,20H,5-6,12-14H2,1-4H3,(H2,24,26,27). The smallest absolute Gasteiger partial charge is 0.387 e. The van der Waals surface area contributed by atoms with Crippen molar-refractivity contribution in [2.45, 2.75) is 53.9 Å². The molecule has 0 unspecified atom stereocenters. The Morgan fingerprint density at radius 3 is 2.70 bits per heavy atom. The molecule has 0 aliphatic heterocycles. The Balaban J connectivity index is 2.14. The molecule has 0 atom stereocenters. The van der Waals surface area contributed by atoms with Gasteiger partial charge in [-0.3, -0.25) is 0 Å². The fraction of sp³-hybridized carbons (Fsp3) is 0.524. The molecule has 1 aromatic heterocycles. The van der Waals surface area contributed by atoms with Crippen molar-refractivity contribution in [2.75, 3.05) is 13.2 Å². The van der Waals surface area contributed by atoms with Gasteiger partial charge in [0.25, 0.3) is 0 Å². The van der Waals surface area contributed by atoms with Crippen LogP contribution in [0.3, 0.4) is 0 Å². The second-order valence-corrected chi connectivity index (χ2v) is 6.99. The molecule has 2 aromatic rings. The van der Waals surface area contributed by atoms with Crippen LogP contribution in [0.5, 0.6) is 11.5 Å². The quantitative estimate of drug-likeness (QED) is 0.425. The monoisotopic (exact) mass is 423 g/mol. The molecule has 0 saturated heterocycles. The van der Waals surface area contributed by atoms with Gasteiger partial charge in [0.05, 0.1) is 19.7 Å². The number of alkyl halides is 2. The summed E-state index contributed by atoms with van der Waals surface area (Å²) in [5.74, 6) is 2.25. The summed E-state index contributed by atoms with van der Waals surface area (Å²) in [6.45, 7) is 7.63. The molecule has 0 aliphatic rings. The molecule has 166 valence electrons. The lowest BCUT2D eigenvalue weighted by Gasteiger charge is -2.16. The molecule has 0 amide bonds. The first-order valence-corrected chi connectivity index (χ1v) is 10.2. The summed E-state index contributed by atoms with van der Waals surface area (Å²) in [5.41, 5.74) is 0.514. The van der Waals surface area contributed by atoms with Crippen molar-refractivity contribution in [1.82, 2.24) is 20.2 Å². The fourth-order valence-corrected chi connectivity index (χ4v) is 2.91. The molecule has 1 heterocycles. The number of aliphatic imine (C=N–C) groups is 1. The molecule has 9 heteroatoms. The number of hydrogen-bond donors (Lipinski definition) is 2. The summed E-state index contributed by atoms with van der Waals surface area (Å²) in [4.78, 5) is 8.92. The highest BCUT2D eigenvalue weighted by Gasteiger charge is 2.16. The molecule has 30 heavy (non-hydrogen) atoms. The van der Waals surface area contributed by atoms with Crippen LogP contribution in [0.4, 0.5) is 8.78 Å². The zero-order valence-corrected chi connectivity index (χ0v) is 18.0. The first-order chi connectivity index (χ1) is 14.4. The molecule has 0 saturated carbocycles. The first kappa shape index (κ1) is 23.4. The van der Waals surface area contributed by atoms with Gasteiger partial charge in [-0.05, 0) is 25.8 Å². The number of benzene rings is 1. The predicted molar refractivity (Wildman–Crippen MR) is 113 cm³/mol. The van der Waals surface area contributed by atoms with Crippen LogP contribution in [0.25, 0.3) is 0 Å². The van der Waals surface area contributed by atoms with Crippen LogP contribution in [0.1, 0.15) is 39.1 Å². The van der Waals surface area contributed by atoms with E-state index in [1.54, 1.807) is 31.3 Å². The minimum absolute atomic E-state index is 0.0152. The van der Waals surface area contributed by atoms with Gasteiger partial charge in [0.15, 0.2) is 17.5 Å². The lowest BCUT2D eigenvalue weighted by molar-refractivity contribution is -0.0520. The Kier molecular flexibility index (Phi) is 9.37. The Labute approximate surface area is 176 Å². The first-order valence-electron chi connectivity index (χ1n) is 10.2. The van der Waals surface area contributed by atoms with E-state index in [0.29, 0.717) is 37.1 Å². The molecule has 7 nitrogen and oxygen atoms in total. The van der Waals surface area contributed by atoms with Gasteiger partial charge in [0.1, 0.15) is 5.82 Å². The summed E-state index contributed by atoms with van der Waals surface area (Å²) >= 11 is 0. The molecule has 0 aliphatic carbocycles. The maximum absolute atomic E-state index is 12.9. The highest BCUT2D eigenvalue weighted by molar-refractivity contribution is 5.79. The molecule has 0 bridgehead atoms. The van der Waals surface area contributed by atoms with Crippen molar-refractivity contribution in [1.29, 1.82) is 0 Å². The van der Waals surface area contributed by atoms with E-state index in [2.05, 4.69) is 39.0 Å². The van der Waals surface area contributed by atoms with Gasteiger partial charge in [0, 0.05) is 31.0 Å². The number of imidazole rings is 1. The van der Waals surface area contributed by atoms with Gasteiger partial charge in [-0.25, -0.2) is 9.98 Å². The van der Waals surface area contributed by atoms with Crippen LogP contribution in [-0.2, 0) is 19.6 Å². The van der Waals surface area contributed by atoms with Gasteiger partial charge in [-0.2, -0.15) is 8.78 Å². The van der Waals surface area contributed by atoms with E-state index < -0.39 is 6.61 Å². The molecule has 2 N–H and O–H groups in total. The van der Waals surface area contributed by atoms with E-state index in [-0.39, 0.29) is 18.0 Å². The summed E-state index contributed by atoms with van der Waals surface area (Å²) < 4.78 is 38.0. The molecular formula is C21H31F2N5O2. The van der Waals surface area contributed by atoms with Crippen LogP contribution in [0.15, 0.2) is 35.6 Å². The van der Waals surface area contributed by atoms with Crippen molar-refractivity contribution < 1.29 is 18.3 Å². The molecule has 2 rings (SSSR count). The third-order valence-electron chi connectivity index (χ3n) is 4.10. The molecule has 0 radical (unpaired) electrons. The van der Waals surface area contributed by atoms with Gasteiger partial charge in [0.2, 0.25) is 0 Å². The highest BCUT2D eigenvalue weighted by atomic mass is 19.3. The van der Waals surface area contributed by atoms with Crippen LogP contribution >= 0.6 is 0 Å². The fourth-order valence-electron chi connectivity index (χ4n) is 2.91. The summed E-state index contributed by atoms with van der Waals surface area (Å²) in [6, 6.07) is 5.03. The Morgan fingerprint density at radius 1 is 1.23 bits per heavy atom. The number of nitrogens with zero attached hydrogens (tertiary/aromatic N) is 3. The number of hydrogen-bond acceptors (Lipinski definition) is 4. The average Bonchev–Trinajstić information content (AvgIpc) is 3.12. The van der Waals surface area contributed by atoms with Crippen LogP contribution < -0.4 is 20.1 Å². The number of guanidine groups is 1. The summed E-state index contributed by atoms with van der Waals surface area (Å²) in [7, 11) is 0. The van der Waals surface area contributed by atoms with Crippen molar-refractivity contribution in [3.05, 3.63) is 42.0 Å². The number of aromatic nitrogens is 2. The average molecular weight is 424 g/mol. The van der Waals surface area contributed by atoms with Crippen LogP contribution in [0.2, 0.25) is 0 Å². The van der Waals surface area contributed by atoms with Gasteiger partial charge >= 0.3 is 6.61 Å². The van der Waals surface area contributed by atoms with Crippen molar-refractivity contribution >= 4 is 5.96 Å². The number of halogens is 2. The number of para-hydroxylation sites is 1. The predicted octanol–water partition coefficient (Wildman–Crippen LogP) is 3.79. The topological polar surface area (TPSA) is 72.7 Å². The van der Waals surface area contributed by atoms with Crippen LogP contribution in [-0.4, -0.2) is 35.3 Å². The summed E-state index contributed by atoms with van der Waals surface area (Å²) in [6.07, 6.45) is 3.73. The highest BCUT2D eigenvalue weighted by Crippen LogP contribution is 2.33. The lowest BCUT2D eigenvalue weighted by Crippen LogP contribution is -2.37. The second kappa shape index (κ2) is 12.0.